The third-order valence-corrected chi connectivity index (χ3v) is 2.82. The normalized spacial score (nSPS) is 10.1. The van der Waals surface area contributed by atoms with Crippen molar-refractivity contribution < 1.29 is 19.4 Å². The van der Waals surface area contributed by atoms with Gasteiger partial charge in [-0.05, 0) is 37.3 Å². The van der Waals surface area contributed by atoms with Crippen LogP contribution >= 0.6 is 0 Å². The number of benzene rings is 1. The van der Waals surface area contributed by atoms with Crippen molar-refractivity contribution in [3.05, 3.63) is 64.1 Å². The molecular weight excluding hydrogens is 274 g/mol. The molecule has 0 aliphatic carbocycles. The Hall–Kier alpha value is -2.89. The summed E-state index contributed by atoms with van der Waals surface area (Å²) >= 11 is 0. The minimum absolute atomic E-state index is 0.0700. The van der Waals surface area contributed by atoms with Crippen molar-refractivity contribution in [1.29, 1.82) is 0 Å². The van der Waals surface area contributed by atoms with Gasteiger partial charge in [0.15, 0.2) is 0 Å². The molecule has 0 bridgehead atoms. The van der Waals surface area contributed by atoms with Gasteiger partial charge >= 0.3 is 11.9 Å². The highest BCUT2D eigenvalue weighted by atomic mass is 16.5. The van der Waals surface area contributed by atoms with Gasteiger partial charge in [0.2, 0.25) is 0 Å². The molecule has 1 aromatic carbocycles. The molecule has 0 saturated carbocycles. The van der Waals surface area contributed by atoms with E-state index in [1.807, 2.05) is 0 Å². The van der Waals surface area contributed by atoms with Crippen LogP contribution in [-0.4, -0.2) is 28.2 Å². The molecule has 2 aromatic rings. The van der Waals surface area contributed by atoms with Crippen molar-refractivity contribution in [2.75, 3.05) is 6.61 Å². The van der Waals surface area contributed by atoms with E-state index < -0.39 is 17.5 Å². The number of hydrogen-bond acceptors (Lipinski definition) is 4. The van der Waals surface area contributed by atoms with Crippen LogP contribution in [0.25, 0.3) is 5.69 Å². The molecule has 0 radical (unpaired) electrons. The Bertz CT molecular complexity index is 730. The number of esters is 1. The molecule has 0 spiro atoms. The zero-order valence-corrected chi connectivity index (χ0v) is 11.3. The van der Waals surface area contributed by atoms with Gasteiger partial charge in [0.05, 0.1) is 17.7 Å². The molecule has 0 atom stereocenters. The number of carboxylic acids is 1. The fourth-order valence-electron chi connectivity index (χ4n) is 1.80. The number of aromatic nitrogens is 1. The van der Waals surface area contributed by atoms with Crippen LogP contribution in [0.4, 0.5) is 0 Å². The molecule has 0 aliphatic rings. The maximum absolute atomic E-state index is 11.9. The van der Waals surface area contributed by atoms with Crippen molar-refractivity contribution >= 4 is 11.9 Å². The molecule has 6 heteroatoms. The summed E-state index contributed by atoms with van der Waals surface area (Å²) < 4.78 is 6.16. The lowest BCUT2D eigenvalue weighted by Crippen LogP contribution is -2.18. The number of nitrogens with zero attached hydrogens (tertiary/aromatic N) is 1. The molecule has 21 heavy (non-hydrogen) atoms. The van der Waals surface area contributed by atoms with Crippen LogP contribution in [0, 0.1) is 0 Å². The first-order valence-electron chi connectivity index (χ1n) is 6.26. The molecule has 0 aliphatic heterocycles. The predicted molar refractivity (Wildman–Crippen MR) is 75.0 cm³/mol. The summed E-state index contributed by atoms with van der Waals surface area (Å²) in [5.41, 5.74) is 0.388. The molecule has 0 unspecified atom stereocenters. The number of hydrogen-bond donors (Lipinski definition) is 1. The summed E-state index contributed by atoms with van der Waals surface area (Å²) in [5.74, 6) is -1.59. The standard InChI is InChI=1S/C15H13NO5/c1-2-21-15(20)10-3-5-12(6-4-10)16-8-7-11(14(18)19)9-13(16)17/h3-9H,2H2,1H3,(H,18,19). The van der Waals surface area contributed by atoms with Gasteiger partial charge in [-0.2, -0.15) is 0 Å². The quantitative estimate of drug-likeness (QED) is 0.865. The molecule has 1 aromatic heterocycles. The number of carbonyl (C=O) groups excluding carboxylic acids is 1. The molecule has 0 saturated heterocycles. The topological polar surface area (TPSA) is 85.6 Å². The van der Waals surface area contributed by atoms with Gasteiger partial charge in [-0.15, -0.1) is 0 Å². The average Bonchev–Trinajstić information content (AvgIpc) is 2.47. The van der Waals surface area contributed by atoms with E-state index in [9.17, 15) is 14.4 Å². The van der Waals surface area contributed by atoms with Crippen molar-refractivity contribution in [3.8, 4) is 5.69 Å². The van der Waals surface area contributed by atoms with E-state index in [1.54, 1.807) is 31.2 Å². The molecule has 1 N–H and O–H groups in total. The lowest BCUT2D eigenvalue weighted by atomic mass is 10.2. The second-order valence-electron chi connectivity index (χ2n) is 4.20. The first kappa shape index (κ1) is 14.5. The van der Waals surface area contributed by atoms with Gasteiger partial charge in [0.1, 0.15) is 0 Å². The number of carbonyl (C=O) groups is 2. The lowest BCUT2D eigenvalue weighted by molar-refractivity contribution is 0.0526. The Balaban J connectivity index is 2.33. The lowest BCUT2D eigenvalue weighted by Gasteiger charge is -2.07. The number of ether oxygens (including phenoxy) is 1. The highest BCUT2D eigenvalue weighted by Crippen LogP contribution is 2.09. The maximum Gasteiger partial charge on any atom is 0.338 e. The van der Waals surface area contributed by atoms with E-state index in [1.165, 1.54) is 16.8 Å². The third-order valence-electron chi connectivity index (χ3n) is 2.82. The fourth-order valence-corrected chi connectivity index (χ4v) is 1.80. The van der Waals surface area contributed by atoms with E-state index >= 15 is 0 Å². The number of rotatable bonds is 4. The summed E-state index contributed by atoms with van der Waals surface area (Å²) in [6, 6.07) is 8.66. The zero-order valence-electron chi connectivity index (χ0n) is 11.3. The second-order valence-corrected chi connectivity index (χ2v) is 4.20. The summed E-state index contributed by atoms with van der Waals surface area (Å²) in [5, 5.41) is 8.82. The smallest absolute Gasteiger partial charge is 0.338 e. The van der Waals surface area contributed by atoms with Crippen LogP contribution in [0.3, 0.4) is 0 Å². The van der Waals surface area contributed by atoms with Crippen LogP contribution in [0.1, 0.15) is 27.6 Å². The first-order valence-corrected chi connectivity index (χ1v) is 6.26. The van der Waals surface area contributed by atoms with Gasteiger partial charge in [-0.3, -0.25) is 9.36 Å². The molecule has 6 nitrogen and oxygen atoms in total. The van der Waals surface area contributed by atoms with E-state index in [4.69, 9.17) is 9.84 Å². The van der Waals surface area contributed by atoms with E-state index in [2.05, 4.69) is 0 Å². The van der Waals surface area contributed by atoms with Crippen LogP contribution < -0.4 is 5.56 Å². The summed E-state index contributed by atoms with van der Waals surface area (Å²) in [4.78, 5) is 34.2. The molecule has 0 fully saturated rings. The van der Waals surface area contributed by atoms with Crippen LogP contribution in [0.5, 0.6) is 0 Å². The van der Waals surface area contributed by atoms with Crippen LogP contribution in [-0.2, 0) is 4.74 Å². The molecular formula is C15H13NO5. The SMILES string of the molecule is CCOC(=O)c1ccc(-n2ccc(C(=O)O)cc2=O)cc1. The van der Waals surface area contributed by atoms with E-state index in [0.29, 0.717) is 11.3 Å². The molecule has 2 rings (SSSR count). The van der Waals surface area contributed by atoms with E-state index in [0.717, 1.165) is 6.07 Å². The van der Waals surface area contributed by atoms with Crippen molar-refractivity contribution in [2.45, 2.75) is 6.92 Å². The highest BCUT2D eigenvalue weighted by Gasteiger charge is 2.08. The maximum atomic E-state index is 11.9. The zero-order chi connectivity index (χ0) is 15.4. The van der Waals surface area contributed by atoms with Crippen molar-refractivity contribution in [1.82, 2.24) is 4.57 Å². The van der Waals surface area contributed by atoms with Crippen molar-refractivity contribution in [3.63, 3.8) is 0 Å². The number of carboxylic acid groups (broad SMARTS) is 1. The van der Waals surface area contributed by atoms with Crippen molar-refractivity contribution in [2.24, 2.45) is 0 Å². The highest BCUT2D eigenvalue weighted by molar-refractivity contribution is 5.89. The minimum atomic E-state index is -1.16. The molecule has 108 valence electrons. The van der Waals surface area contributed by atoms with E-state index in [-0.39, 0.29) is 12.2 Å². The average molecular weight is 287 g/mol. The van der Waals surface area contributed by atoms with Gasteiger partial charge < -0.3 is 9.84 Å². The summed E-state index contributed by atoms with van der Waals surface area (Å²) in [6.07, 6.45) is 1.38. The molecule has 0 amide bonds. The Morgan fingerprint density at radius 2 is 1.81 bits per heavy atom. The summed E-state index contributed by atoms with van der Waals surface area (Å²) in [6.45, 7) is 2.01. The second kappa shape index (κ2) is 6.04. The Morgan fingerprint density at radius 1 is 1.14 bits per heavy atom. The van der Waals surface area contributed by atoms with Crippen LogP contribution in [0.15, 0.2) is 47.4 Å². The largest absolute Gasteiger partial charge is 0.478 e. The Labute approximate surface area is 120 Å². The monoisotopic (exact) mass is 287 g/mol. The third kappa shape index (κ3) is 3.17. The molecule has 1 heterocycles. The fraction of sp³-hybridized carbons (Fsp3) is 0.133. The first-order chi connectivity index (χ1) is 10.0. The number of aromatic carboxylic acids is 1. The predicted octanol–water partition coefficient (Wildman–Crippen LogP) is 1.71. The Morgan fingerprint density at radius 3 is 2.33 bits per heavy atom. The van der Waals surface area contributed by atoms with Gasteiger partial charge in [0, 0.05) is 18.0 Å². The van der Waals surface area contributed by atoms with Gasteiger partial charge in [-0.1, -0.05) is 0 Å². The Kier molecular flexibility index (Phi) is 4.18. The van der Waals surface area contributed by atoms with Crippen LogP contribution in [0.2, 0.25) is 0 Å². The summed E-state index contributed by atoms with van der Waals surface area (Å²) in [7, 11) is 0. The van der Waals surface area contributed by atoms with Gasteiger partial charge in [0.25, 0.3) is 5.56 Å². The van der Waals surface area contributed by atoms with Gasteiger partial charge in [-0.25, -0.2) is 9.59 Å². The minimum Gasteiger partial charge on any atom is -0.478 e. The number of pyridine rings is 1.